The van der Waals surface area contributed by atoms with E-state index in [4.69, 9.17) is 4.98 Å². The number of carbonyl (C=O) groups excluding carboxylic acids is 1. The average molecular weight is 315 g/mol. The van der Waals surface area contributed by atoms with Gasteiger partial charge in [-0.2, -0.15) is 0 Å². The number of hydrogen-bond donors (Lipinski definition) is 1. The highest BCUT2D eigenvalue weighted by atomic mass is 16.1. The number of nitrogens with zero attached hydrogens (tertiary/aromatic N) is 2. The van der Waals surface area contributed by atoms with Gasteiger partial charge in [-0.15, -0.1) is 0 Å². The first kappa shape index (κ1) is 17.5. The molecule has 0 saturated heterocycles. The second kappa shape index (κ2) is 8.14. The van der Waals surface area contributed by atoms with Crippen molar-refractivity contribution < 1.29 is 4.79 Å². The number of rotatable bonds is 8. The summed E-state index contributed by atoms with van der Waals surface area (Å²) in [4.78, 5) is 17.2. The van der Waals surface area contributed by atoms with Gasteiger partial charge in [0.25, 0.3) is 0 Å². The summed E-state index contributed by atoms with van der Waals surface area (Å²) in [6, 6.07) is 8.13. The van der Waals surface area contributed by atoms with Gasteiger partial charge < -0.3 is 9.88 Å². The molecular formula is C19H29N3O. The van der Waals surface area contributed by atoms with E-state index in [1.807, 2.05) is 25.1 Å². The van der Waals surface area contributed by atoms with Crippen LogP contribution in [-0.4, -0.2) is 15.5 Å². The molecule has 4 heteroatoms. The molecule has 1 amide bonds. The van der Waals surface area contributed by atoms with Crippen LogP contribution in [0.3, 0.4) is 0 Å². The number of aryl methyl sites for hydroxylation is 1. The second-order valence-electron chi connectivity index (χ2n) is 6.21. The van der Waals surface area contributed by atoms with E-state index in [-0.39, 0.29) is 17.9 Å². The number of hydrogen-bond acceptors (Lipinski definition) is 2. The van der Waals surface area contributed by atoms with Crippen LogP contribution in [0.25, 0.3) is 11.0 Å². The van der Waals surface area contributed by atoms with Gasteiger partial charge in [0, 0.05) is 12.5 Å². The van der Waals surface area contributed by atoms with Crippen molar-refractivity contribution in [3.63, 3.8) is 0 Å². The lowest BCUT2D eigenvalue weighted by atomic mass is 10.0. The summed E-state index contributed by atoms with van der Waals surface area (Å²) < 4.78 is 2.26. The van der Waals surface area contributed by atoms with Gasteiger partial charge in [-0.1, -0.05) is 39.3 Å². The SMILES string of the molecule is CCCCn1c(C(C)NC(=O)C(CC)CC)nc2ccccc21. The van der Waals surface area contributed by atoms with E-state index in [2.05, 4.69) is 36.7 Å². The molecule has 23 heavy (non-hydrogen) atoms. The molecule has 0 fully saturated rings. The summed E-state index contributed by atoms with van der Waals surface area (Å²) in [5.74, 6) is 1.18. The highest BCUT2D eigenvalue weighted by molar-refractivity contribution is 5.79. The number of para-hydroxylation sites is 2. The minimum Gasteiger partial charge on any atom is -0.346 e. The lowest BCUT2D eigenvalue weighted by Crippen LogP contribution is -2.33. The molecular weight excluding hydrogens is 286 g/mol. The van der Waals surface area contributed by atoms with Gasteiger partial charge >= 0.3 is 0 Å². The summed E-state index contributed by atoms with van der Waals surface area (Å²) in [5, 5.41) is 3.15. The maximum absolute atomic E-state index is 12.4. The number of nitrogens with one attached hydrogen (secondary N) is 1. The Morgan fingerprint density at radius 3 is 2.57 bits per heavy atom. The van der Waals surface area contributed by atoms with Gasteiger partial charge in [-0.3, -0.25) is 4.79 Å². The number of fused-ring (bicyclic) bond motifs is 1. The summed E-state index contributed by atoms with van der Waals surface area (Å²) >= 11 is 0. The molecule has 4 nitrogen and oxygen atoms in total. The van der Waals surface area contributed by atoms with Gasteiger partial charge in [-0.25, -0.2) is 4.98 Å². The lowest BCUT2D eigenvalue weighted by Gasteiger charge is -2.19. The van der Waals surface area contributed by atoms with Gasteiger partial charge in [-0.05, 0) is 38.3 Å². The third-order valence-electron chi connectivity index (χ3n) is 4.52. The zero-order valence-corrected chi connectivity index (χ0v) is 14.8. The predicted molar refractivity (Wildman–Crippen MR) is 95.3 cm³/mol. The molecule has 1 aromatic carbocycles. The van der Waals surface area contributed by atoms with Crippen molar-refractivity contribution in [2.75, 3.05) is 0 Å². The maximum atomic E-state index is 12.4. The fraction of sp³-hybridized carbons (Fsp3) is 0.579. The standard InChI is InChI=1S/C19H29N3O/c1-5-8-13-22-17-12-10-9-11-16(17)21-18(22)14(4)20-19(23)15(6-2)7-3/h9-12,14-15H,5-8,13H2,1-4H3,(H,20,23). The summed E-state index contributed by atoms with van der Waals surface area (Å²) in [7, 11) is 0. The van der Waals surface area contributed by atoms with E-state index in [0.29, 0.717) is 0 Å². The third kappa shape index (κ3) is 3.92. The number of carbonyl (C=O) groups is 1. The summed E-state index contributed by atoms with van der Waals surface area (Å²) in [6.45, 7) is 9.29. The molecule has 1 heterocycles. The highest BCUT2D eigenvalue weighted by Gasteiger charge is 2.21. The first-order valence-electron chi connectivity index (χ1n) is 8.87. The van der Waals surface area contributed by atoms with Crippen molar-refractivity contribution in [1.82, 2.24) is 14.9 Å². The minimum absolute atomic E-state index is 0.0765. The van der Waals surface area contributed by atoms with Gasteiger partial charge in [0.2, 0.25) is 5.91 Å². The Balaban J connectivity index is 2.28. The zero-order chi connectivity index (χ0) is 16.8. The average Bonchev–Trinajstić information content (AvgIpc) is 2.92. The fourth-order valence-electron chi connectivity index (χ4n) is 3.03. The van der Waals surface area contributed by atoms with Crippen molar-refractivity contribution in [2.45, 2.75) is 66.0 Å². The molecule has 1 atom stereocenters. The summed E-state index contributed by atoms with van der Waals surface area (Å²) in [6.07, 6.45) is 4.00. The van der Waals surface area contributed by atoms with Crippen molar-refractivity contribution in [3.8, 4) is 0 Å². The second-order valence-corrected chi connectivity index (χ2v) is 6.21. The van der Waals surface area contributed by atoms with Gasteiger partial charge in [0.15, 0.2) is 0 Å². The van der Waals surface area contributed by atoms with E-state index in [1.54, 1.807) is 0 Å². The Bertz CT molecular complexity index is 643. The van der Waals surface area contributed by atoms with Crippen molar-refractivity contribution in [2.24, 2.45) is 5.92 Å². The Labute approximate surface area is 139 Å². The zero-order valence-electron chi connectivity index (χ0n) is 14.8. The van der Waals surface area contributed by atoms with Crippen molar-refractivity contribution in [3.05, 3.63) is 30.1 Å². The first-order valence-corrected chi connectivity index (χ1v) is 8.87. The number of unbranched alkanes of at least 4 members (excludes halogenated alkanes) is 1. The molecule has 0 saturated carbocycles. The molecule has 2 aromatic rings. The van der Waals surface area contributed by atoms with Crippen LogP contribution >= 0.6 is 0 Å². The normalized spacial score (nSPS) is 12.7. The molecule has 126 valence electrons. The lowest BCUT2D eigenvalue weighted by molar-refractivity contribution is -0.125. The van der Waals surface area contributed by atoms with Gasteiger partial charge in [0.1, 0.15) is 5.82 Å². The molecule has 0 aliphatic carbocycles. The molecule has 0 aliphatic heterocycles. The fourth-order valence-corrected chi connectivity index (χ4v) is 3.03. The first-order chi connectivity index (χ1) is 11.1. The monoisotopic (exact) mass is 315 g/mol. The third-order valence-corrected chi connectivity index (χ3v) is 4.52. The van der Waals surface area contributed by atoms with E-state index in [1.165, 1.54) is 0 Å². The topological polar surface area (TPSA) is 46.9 Å². The van der Waals surface area contributed by atoms with Crippen molar-refractivity contribution >= 4 is 16.9 Å². The Kier molecular flexibility index (Phi) is 6.20. The Morgan fingerprint density at radius 1 is 1.22 bits per heavy atom. The number of amides is 1. The van der Waals surface area contributed by atoms with Crippen molar-refractivity contribution in [1.29, 1.82) is 0 Å². The van der Waals surface area contributed by atoms with E-state index in [0.717, 1.165) is 49.1 Å². The predicted octanol–water partition coefficient (Wildman–Crippen LogP) is 4.45. The van der Waals surface area contributed by atoms with Crippen LogP contribution in [0, 0.1) is 5.92 Å². The molecule has 0 radical (unpaired) electrons. The molecule has 1 aromatic heterocycles. The van der Waals surface area contributed by atoms with Crippen LogP contribution in [0.2, 0.25) is 0 Å². The Hall–Kier alpha value is -1.84. The maximum Gasteiger partial charge on any atom is 0.223 e. The van der Waals surface area contributed by atoms with Gasteiger partial charge in [0.05, 0.1) is 17.1 Å². The van der Waals surface area contributed by atoms with E-state index < -0.39 is 0 Å². The number of aromatic nitrogens is 2. The van der Waals surface area contributed by atoms with E-state index >= 15 is 0 Å². The molecule has 0 spiro atoms. The van der Waals surface area contributed by atoms with Crippen LogP contribution in [-0.2, 0) is 11.3 Å². The number of benzene rings is 1. The summed E-state index contributed by atoms with van der Waals surface area (Å²) in [5.41, 5.74) is 2.15. The minimum atomic E-state index is -0.0765. The van der Waals surface area contributed by atoms with E-state index in [9.17, 15) is 4.79 Å². The Morgan fingerprint density at radius 2 is 1.91 bits per heavy atom. The van der Waals surface area contributed by atoms with Crippen LogP contribution in [0.5, 0.6) is 0 Å². The quantitative estimate of drug-likeness (QED) is 0.782. The molecule has 1 unspecified atom stereocenters. The highest BCUT2D eigenvalue weighted by Crippen LogP contribution is 2.22. The molecule has 0 aliphatic rings. The van der Waals surface area contributed by atoms with Crippen LogP contribution in [0.15, 0.2) is 24.3 Å². The van der Waals surface area contributed by atoms with Crippen LogP contribution in [0.4, 0.5) is 0 Å². The molecule has 2 rings (SSSR count). The number of imidazole rings is 1. The van der Waals surface area contributed by atoms with Crippen LogP contribution < -0.4 is 5.32 Å². The van der Waals surface area contributed by atoms with Crippen LogP contribution in [0.1, 0.15) is 65.2 Å². The largest absolute Gasteiger partial charge is 0.346 e. The molecule has 0 bridgehead atoms. The smallest absolute Gasteiger partial charge is 0.223 e. The molecule has 1 N–H and O–H groups in total.